The van der Waals surface area contributed by atoms with Crippen molar-refractivity contribution in [3.05, 3.63) is 29.8 Å². The summed E-state index contributed by atoms with van der Waals surface area (Å²) >= 11 is 0. The molecule has 1 heterocycles. The van der Waals surface area contributed by atoms with Crippen LogP contribution in [-0.4, -0.2) is 19.2 Å². The van der Waals surface area contributed by atoms with Crippen LogP contribution in [0.5, 0.6) is 5.75 Å². The molecule has 0 amide bonds. The van der Waals surface area contributed by atoms with Gasteiger partial charge in [-0.2, -0.15) is 0 Å². The highest BCUT2D eigenvalue weighted by atomic mass is 16.5. The molecule has 0 saturated heterocycles. The molecule has 1 saturated carbocycles. The lowest BCUT2D eigenvalue weighted by Crippen LogP contribution is -2.37. The normalized spacial score (nSPS) is 24.7. The fourth-order valence-electron chi connectivity index (χ4n) is 3.93. The Labute approximate surface area is 129 Å². The molecule has 0 spiro atoms. The monoisotopic (exact) mass is 287 g/mol. The van der Waals surface area contributed by atoms with Gasteiger partial charge in [0.05, 0.1) is 6.61 Å². The summed E-state index contributed by atoms with van der Waals surface area (Å²) in [7, 11) is 0. The fraction of sp³-hybridized carbons (Fsp3) is 0.684. The first-order valence-electron chi connectivity index (χ1n) is 8.79. The minimum atomic E-state index is 0.614. The fourth-order valence-corrected chi connectivity index (χ4v) is 3.93. The van der Waals surface area contributed by atoms with Gasteiger partial charge in [-0.25, -0.2) is 0 Å². The third-order valence-electron chi connectivity index (χ3n) is 5.38. The average Bonchev–Trinajstić information content (AvgIpc) is 2.82. The molecule has 0 bridgehead atoms. The van der Waals surface area contributed by atoms with E-state index in [-0.39, 0.29) is 0 Å². The van der Waals surface area contributed by atoms with Crippen LogP contribution >= 0.6 is 0 Å². The lowest BCUT2D eigenvalue weighted by molar-refractivity contribution is 0.255. The van der Waals surface area contributed by atoms with Crippen molar-refractivity contribution < 1.29 is 4.74 Å². The van der Waals surface area contributed by atoms with Crippen molar-refractivity contribution in [1.29, 1.82) is 0 Å². The molecule has 1 aliphatic heterocycles. The molecule has 2 heteroatoms. The Bertz CT molecular complexity index is 437. The van der Waals surface area contributed by atoms with Crippen LogP contribution in [0.3, 0.4) is 0 Å². The number of benzene rings is 1. The third kappa shape index (κ3) is 3.79. The summed E-state index contributed by atoms with van der Waals surface area (Å²) in [6.45, 7) is 4.35. The number of nitrogens with one attached hydrogen (secondary N) is 1. The molecule has 1 N–H and O–H groups in total. The molecule has 2 atom stereocenters. The maximum absolute atomic E-state index is 5.77. The molecule has 1 aliphatic carbocycles. The number of hydrogen-bond acceptors (Lipinski definition) is 2. The van der Waals surface area contributed by atoms with Crippen molar-refractivity contribution in [2.45, 2.75) is 63.8 Å². The van der Waals surface area contributed by atoms with Gasteiger partial charge in [0.1, 0.15) is 5.75 Å². The average molecular weight is 287 g/mol. The first-order chi connectivity index (χ1) is 10.3. The molecular formula is C19H29NO. The van der Waals surface area contributed by atoms with E-state index >= 15 is 0 Å². The van der Waals surface area contributed by atoms with Crippen LogP contribution < -0.4 is 10.1 Å². The van der Waals surface area contributed by atoms with Crippen molar-refractivity contribution in [2.75, 3.05) is 13.2 Å². The lowest BCUT2D eigenvalue weighted by Gasteiger charge is -2.29. The first kappa shape index (κ1) is 14.9. The zero-order valence-corrected chi connectivity index (χ0v) is 13.3. The number of rotatable bonds is 4. The summed E-state index contributed by atoms with van der Waals surface area (Å²) < 4.78 is 5.77. The van der Waals surface area contributed by atoms with E-state index in [1.54, 1.807) is 0 Å². The minimum absolute atomic E-state index is 0.614. The molecule has 0 aromatic heterocycles. The van der Waals surface area contributed by atoms with Gasteiger partial charge in [-0.1, -0.05) is 43.9 Å². The standard InChI is InChI=1S/C19H29NO/c1-15(16-8-4-2-3-5-9-16)20-14-17-12-13-21-19-11-7-6-10-18(17)19/h6-7,10-11,15-17,20H,2-5,8-9,12-14H2,1H3/t15-,17?/m1/s1. The maximum atomic E-state index is 5.77. The predicted molar refractivity (Wildman–Crippen MR) is 88.0 cm³/mol. The van der Waals surface area contributed by atoms with Crippen LogP contribution in [0.1, 0.15) is 63.4 Å². The van der Waals surface area contributed by atoms with E-state index in [9.17, 15) is 0 Å². The SMILES string of the molecule is C[C@@H](NCC1CCOc2ccccc21)C1CCCCCC1. The van der Waals surface area contributed by atoms with E-state index in [1.807, 2.05) is 0 Å². The van der Waals surface area contributed by atoms with Gasteiger partial charge in [-0.3, -0.25) is 0 Å². The van der Waals surface area contributed by atoms with Crippen LogP contribution in [0.2, 0.25) is 0 Å². The van der Waals surface area contributed by atoms with E-state index in [0.29, 0.717) is 12.0 Å². The van der Waals surface area contributed by atoms with Gasteiger partial charge >= 0.3 is 0 Å². The Balaban J connectivity index is 1.55. The topological polar surface area (TPSA) is 21.3 Å². The Kier molecular flexibility index (Phi) is 5.18. The highest BCUT2D eigenvalue weighted by Gasteiger charge is 2.23. The lowest BCUT2D eigenvalue weighted by atomic mass is 9.90. The molecule has 3 rings (SSSR count). The van der Waals surface area contributed by atoms with E-state index in [4.69, 9.17) is 4.74 Å². The molecule has 116 valence electrons. The number of para-hydroxylation sites is 1. The van der Waals surface area contributed by atoms with Gasteiger partial charge in [-0.05, 0) is 43.7 Å². The molecule has 1 aromatic carbocycles. The van der Waals surface area contributed by atoms with Crippen LogP contribution in [0.15, 0.2) is 24.3 Å². The molecule has 2 aliphatic rings. The van der Waals surface area contributed by atoms with E-state index in [0.717, 1.165) is 31.2 Å². The second-order valence-electron chi connectivity index (χ2n) is 6.82. The van der Waals surface area contributed by atoms with Gasteiger partial charge in [-0.15, -0.1) is 0 Å². The number of ether oxygens (including phenoxy) is 1. The quantitative estimate of drug-likeness (QED) is 0.823. The minimum Gasteiger partial charge on any atom is -0.493 e. The highest BCUT2D eigenvalue weighted by Crippen LogP contribution is 2.33. The largest absolute Gasteiger partial charge is 0.493 e. The van der Waals surface area contributed by atoms with E-state index in [1.165, 1.54) is 44.1 Å². The molecule has 1 fully saturated rings. The van der Waals surface area contributed by atoms with Crippen molar-refractivity contribution in [3.8, 4) is 5.75 Å². The molecule has 0 radical (unpaired) electrons. The van der Waals surface area contributed by atoms with Gasteiger partial charge in [0.25, 0.3) is 0 Å². The van der Waals surface area contributed by atoms with E-state index in [2.05, 4.69) is 36.5 Å². The second kappa shape index (κ2) is 7.31. The Morgan fingerprint density at radius 3 is 2.67 bits per heavy atom. The summed E-state index contributed by atoms with van der Waals surface area (Å²) in [6.07, 6.45) is 9.71. The third-order valence-corrected chi connectivity index (χ3v) is 5.38. The zero-order chi connectivity index (χ0) is 14.5. The number of hydrogen-bond donors (Lipinski definition) is 1. The summed E-state index contributed by atoms with van der Waals surface area (Å²) in [5.74, 6) is 2.59. The van der Waals surface area contributed by atoms with Gasteiger partial charge in [0, 0.05) is 18.5 Å². The van der Waals surface area contributed by atoms with Crippen molar-refractivity contribution in [1.82, 2.24) is 5.32 Å². The van der Waals surface area contributed by atoms with Crippen LogP contribution in [0.25, 0.3) is 0 Å². The summed E-state index contributed by atoms with van der Waals surface area (Å²) in [5, 5.41) is 3.84. The molecule has 21 heavy (non-hydrogen) atoms. The van der Waals surface area contributed by atoms with Crippen molar-refractivity contribution in [3.63, 3.8) is 0 Å². The van der Waals surface area contributed by atoms with E-state index < -0.39 is 0 Å². The van der Waals surface area contributed by atoms with Crippen molar-refractivity contribution in [2.24, 2.45) is 5.92 Å². The van der Waals surface area contributed by atoms with Gasteiger partial charge in [0.15, 0.2) is 0 Å². The Morgan fingerprint density at radius 2 is 1.86 bits per heavy atom. The molecule has 2 nitrogen and oxygen atoms in total. The predicted octanol–water partition coefficient (Wildman–Crippen LogP) is 4.50. The Morgan fingerprint density at radius 1 is 1.10 bits per heavy atom. The zero-order valence-electron chi connectivity index (χ0n) is 13.3. The van der Waals surface area contributed by atoms with Crippen molar-refractivity contribution >= 4 is 0 Å². The van der Waals surface area contributed by atoms with Crippen LogP contribution in [-0.2, 0) is 0 Å². The van der Waals surface area contributed by atoms with Gasteiger partial charge < -0.3 is 10.1 Å². The molecular weight excluding hydrogens is 258 g/mol. The Hall–Kier alpha value is -1.02. The summed E-state index contributed by atoms with van der Waals surface area (Å²) in [6, 6.07) is 9.20. The second-order valence-corrected chi connectivity index (χ2v) is 6.82. The molecule has 1 unspecified atom stereocenters. The smallest absolute Gasteiger partial charge is 0.122 e. The van der Waals surface area contributed by atoms with Gasteiger partial charge in [0.2, 0.25) is 0 Å². The maximum Gasteiger partial charge on any atom is 0.122 e. The first-order valence-corrected chi connectivity index (χ1v) is 8.79. The van der Waals surface area contributed by atoms with Crippen LogP contribution in [0, 0.1) is 5.92 Å². The highest BCUT2D eigenvalue weighted by molar-refractivity contribution is 5.37. The molecule has 1 aromatic rings. The number of fused-ring (bicyclic) bond motifs is 1. The summed E-state index contributed by atoms with van der Waals surface area (Å²) in [5.41, 5.74) is 1.39. The van der Waals surface area contributed by atoms with Crippen LogP contribution in [0.4, 0.5) is 0 Å². The summed E-state index contributed by atoms with van der Waals surface area (Å²) in [4.78, 5) is 0.